The van der Waals surface area contributed by atoms with Crippen LogP contribution in [0.15, 0.2) is 24.3 Å². The summed E-state index contributed by atoms with van der Waals surface area (Å²) in [7, 11) is 0. The minimum Gasteiger partial charge on any atom is -0.294 e. The lowest BCUT2D eigenvalue weighted by Crippen LogP contribution is -2.07. The van der Waals surface area contributed by atoms with E-state index in [0.29, 0.717) is 11.3 Å². The average molecular weight is 175 g/mol. The molecule has 0 N–H and O–H groups in total. The fourth-order valence-corrected chi connectivity index (χ4v) is 1.08. The van der Waals surface area contributed by atoms with E-state index in [1.165, 1.54) is 0 Å². The van der Waals surface area contributed by atoms with Crippen molar-refractivity contribution in [1.82, 2.24) is 0 Å². The summed E-state index contributed by atoms with van der Waals surface area (Å²) in [6, 6.07) is 6.75. The van der Waals surface area contributed by atoms with Crippen LogP contribution in [0.5, 0.6) is 0 Å². The van der Waals surface area contributed by atoms with Crippen LogP contribution in [-0.2, 0) is 0 Å². The molecule has 0 aromatic heterocycles. The molecule has 3 heteroatoms. The topological polar surface area (TPSA) is 45.2 Å². The molecule has 0 spiro atoms. The highest BCUT2D eigenvalue weighted by Gasteiger charge is 2.21. The van der Waals surface area contributed by atoms with Gasteiger partial charge in [-0.15, -0.1) is 0 Å². The Balaban J connectivity index is 3.15. The van der Waals surface area contributed by atoms with Crippen LogP contribution >= 0.6 is 0 Å². The summed E-state index contributed by atoms with van der Waals surface area (Å²) in [5, 5.41) is 8.62. The van der Waals surface area contributed by atoms with E-state index in [1.54, 1.807) is 24.3 Å². The Labute approximate surface area is 77.0 Å². The summed E-state index contributed by atoms with van der Waals surface area (Å²) >= 11 is 0. The first-order chi connectivity index (χ1) is 6.16. The molecular weight excluding hydrogens is 164 g/mol. The second-order valence-electron chi connectivity index (χ2n) is 3.14. The maximum atomic E-state index is 11.6. The first-order valence-electron chi connectivity index (χ1n) is 4.15. The number of rotatable bonds is 2. The number of carbonyl (C=O) groups is 1. The largest absolute Gasteiger partial charge is 0.395 e. The Bertz CT molecular complexity index is 363. The van der Waals surface area contributed by atoms with E-state index in [2.05, 4.69) is 4.98 Å². The normalized spacial score (nSPS) is 9.69. The van der Waals surface area contributed by atoms with E-state index in [-0.39, 0.29) is 11.7 Å². The number of diazo groups is 1. The number of nitrogens with zero attached hydrogens (tertiary/aromatic N) is 2. The quantitative estimate of drug-likeness (QED) is 0.512. The van der Waals surface area contributed by atoms with Gasteiger partial charge in [-0.05, 0) is 6.07 Å². The van der Waals surface area contributed by atoms with Gasteiger partial charge < -0.3 is 0 Å². The van der Waals surface area contributed by atoms with Gasteiger partial charge in [-0.25, -0.2) is 0 Å². The molecule has 13 heavy (non-hydrogen) atoms. The monoisotopic (exact) mass is 175 g/mol. The highest BCUT2D eigenvalue weighted by molar-refractivity contribution is 6.02. The van der Waals surface area contributed by atoms with Gasteiger partial charge in [0, 0.05) is 12.0 Å². The molecule has 0 aliphatic carbocycles. The summed E-state index contributed by atoms with van der Waals surface area (Å²) in [4.78, 5) is 14.6. The standard InChI is InChI=1S/C10H11N2O/c1-7(2)10(13)8-5-3-4-6-9(8)12-11/h3-7H,1-2H3/q+1. The zero-order valence-corrected chi connectivity index (χ0v) is 7.69. The lowest BCUT2D eigenvalue weighted by Gasteiger charge is -2.00. The SMILES string of the molecule is CC(C)C(=O)c1ccccc1[N+]#N. The molecule has 0 unspecified atom stereocenters. The van der Waals surface area contributed by atoms with Gasteiger partial charge in [0.05, 0.1) is 0 Å². The average Bonchev–Trinajstić information content (AvgIpc) is 2.16. The van der Waals surface area contributed by atoms with E-state index >= 15 is 0 Å². The fraction of sp³-hybridized carbons (Fsp3) is 0.300. The minimum absolute atomic E-state index is 0.00611. The predicted octanol–water partition coefficient (Wildman–Crippen LogP) is 3.01. The van der Waals surface area contributed by atoms with E-state index in [0.717, 1.165) is 0 Å². The van der Waals surface area contributed by atoms with Gasteiger partial charge >= 0.3 is 5.69 Å². The Hall–Kier alpha value is -1.69. The molecule has 0 radical (unpaired) electrons. The minimum atomic E-state index is -0.0806. The molecule has 0 aliphatic rings. The zero-order chi connectivity index (χ0) is 9.84. The van der Waals surface area contributed by atoms with Gasteiger partial charge in [-0.1, -0.05) is 26.0 Å². The van der Waals surface area contributed by atoms with Gasteiger partial charge in [0.1, 0.15) is 5.56 Å². The molecule has 0 amide bonds. The molecule has 0 aliphatic heterocycles. The number of hydrogen-bond donors (Lipinski definition) is 0. The van der Waals surface area contributed by atoms with Crippen LogP contribution < -0.4 is 0 Å². The van der Waals surface area contributed by atoms with Gasteiger partial charge in [-0.3, -0.25) is 4.79 Å². The van der Waals surface area contributed by atoms with Crippen molar-refractivity contribution in [3.8, 4) is 0 Å². The maximum absolute atomic E-state index is 11.6. The van der Waals surface area contributed by atoms with Crippen LogP contribution in [0.3, 0.4) is 0 Å². The number of Topliss-reactive ketones (excluding diaryl/α,β-unsaturated/α-hetero) is 1. The molecule has 0 fully saturated rings. The van der Waals surface area contributed by atoms with Gasteiger partial charge in [0.15, 0.2) is 10.8 Å². The van der Waals surface area contributed by atoms with Crippen molar-refractivity contribution >= 4 is 11.5 Å². The van der Waals surface area contributed by atoms with Crippen LogP contribution in [0, 0.1) is 11.3 Å². The molecule has 1 aromatic rings. The molecule has 0 atom stereocenters. The Kier molecular flexibility index (Phi) is 2.76. The maximum Gasteiger partial charge on any atom is 0.395 e. The Morgan fingerprint density at radius 2 is 2.00 bits per heavy atom. The smallest absolute Gasteiger partial charge is 0.294 e. The highest BCUT2D eigenvalue weighted by atomic mass is 16.1. The lowest BCUT2D eigenvalue weighted by molar-refractivity contribution is 0.0940. The fourth-order valence-electron chi connectivity index (χ4n) is 1.08. The third-order valence-corrected chi connectivity index (χ3v) is 1.80. The molecule has 0 saturated heterocycles. The third kappa shape index (κ3) is 1.91. The second-order valence-corrected chi connectivity index (χ2v) is 3.14. The number of benzene rings is 1. The van der Waals surface area contributed by atoms with Crippen LogP contribution in [0.2, 0.25) is 0 Å². The predicted molar refractivity (Wildman–Crippen MR) is 50.4 cm³/mol. The second kappa shape index (κ2) is 3.81. The summed E-state index contributed by atoms with van der Waals surface area (Å²) in [6.45, 7) is 3.63. The number of hydrogen-bond acceptors (Lipinski definition) is 2. The van der Waals surface area contributed by atoms with Crippen molar-refractivity contribution in [3.63, 3.8) is 0 Å². The van der Waals surface area contributed by atoms with Crippen molar-refractivity contribution < 1.29 is 4.79 Å². The Morgan fingerprint density at radius 1 is 1.38 bits per heavy atom. The third-order valence-electron chi connectivity index (χ3n) is 1.80. The first-order valence-corrected chi connectivity index (χ1v) is 4.15. The molecular formula is C10H11N2O+. The molecule has 0 heterocycles. The summed E-state index contributed by atoms with van der Waals surface area (Å²) in [5.74, 6) is -0.0868. The molecule has 0 saturated carbocycles. The van der Waals surface area contributed by atoms with E-state index in [4.69, 9.17) is 5.39 Å². The molecule has 1 rings (SSSR count). The summed E-state index contributed by atoms with van der Waals surface area (Å²) in [6.07, 6.45) is 0. The molecule has 1 aromatic carbocycles. The molecule has 0 bridgehead atoms. The summed E-state index contributed by atoms with van der Waals surface area (Å²) < 4.78 is 0. The zero-order valence-electron chi connectivity index (χ0n) is 7.69. The van der Waals surface area contributed by atoms with Crippen molar-refractivity contribution in [2.75, 3.05) is 0 Å². The van der Waals surface area contributed by atoms with Gasteiger partial charge in [-0.2, -0.15) is 0 Å². The van der Waals surface area contributed by atoms with Crippen LogP contribution in [0.25, 0.3) is 4.98 Å². The van der Waals surface area contributed by atoms with Crippen molar-refractivity contribution in [1.29, 1.82) is 5.39 Å². The molecule has 66 valence electrons. The first kappa shape index (κ1) is 9.40. The van der Waals surface area contributed by atoms with Crippen LogP contribution in [-0.4, -0.2) is 5.78 Å². The number of carbonyl (C=O) groups excluding carboxylic acids is 1. The van der Waals surface area contributed by atoms with E-state index in [9.17, 15) is 4.79 Å². The van der Waals surface area contributed by atoms with E-state index in [1.807, 2.05) is 13.8 Å². The van der Waals surface area contributed by atoms with Crippen molar-refractivity contribution in [2.24, 2.45) is 5.92 Å². The van der Waals surface area contributed by atoms with Gasteiger partial charge in [0.2, 0.25) is 5.39 Å². The van der Waals surface area contributed by atoms with Crippen molar-refractivity contribution in [2.45, 2.75) is 13.8 Å². The summed E-state index contributed by atoms with van der Waals surface area (Å²) in [5.41, 5.74) is 0.807. The Morgan fingerprint density at radius 3 is 2.54 bits per heavy atom. The van der Waals surface area contributed by atoms with Crippen molar-refractivity contribution in [3.05, 3.63) is 34.8 Å². The highest BCUT2D eigenvalue weighted by Crippen LogP contribution is 2.21. The lowest BCUT2D eigenvalue weighted by atomic mass is 10.00. The molecule has 3 nitrogen and oxygen atoms in total. The van der Waals surface area contributed by atoms with E-state index < -0.39 is 0 Å². The van der Waals surface area contributed by atoms with Crippen LogP contribution in [0.4, 0.5) is 5.69 Å². The van der Waals surface area contributed by atoms with Crippen LogP contribution in [0.1, 0.15) is 24.2 Å². The van der Waals surface area contributed by atoms with Gasteiger partial charge in [0.25, 0.3) is 0 Å². The number of ketones is 1.